The first-order valence-corrected chi connectivity index (χ1v) is 13.0. The summed E-state index contributed by atoms with van der Waals surface area (Å²) in [6, 6.07) is 5.08. The van der Waals surface area contributed by atoms with Gasteiger partial charge in [-0.1, -0.05) is 0 Å². The Morgan fingerprint density at radius 1 is 1.14 bits per heavy atom. The highest BCUT2D eigenvalue weighted by atomic mass is 16.2. The van der Waals surface area contributed by atoms with Crippen LogP contribution in [0.4, 0.5) is 11.5 Å². The summed E-state index contributed by atoms with van der Waals surface area (Å²) in [6.45, 7) is 8.32. The number of nitrogens with one attached hydrogen (secondary N) is 1. The summed E-state index contributed by atoms with van der Waals surface area (Å²) in [5, 5.41) is 8.79. The molecule has 0 radical (unpaired) electrons. The van der Waals surface area contributed by atoms with Crippen molar-refractivity contribution in [2.45, 2.75) is 58.5 Å². The van der Waals surface area contributed by atoms with Crippen LogP contribution in [-0.2, 0) is 31.2 Å². The molecule has 184 valence electrons. The van der Waals surface area contributed by atoms with Gasteiger partial charge >= 0.3 is 0 Å². The van der Waals surface area contributed by atoms with Gasteiger partial charge in [0.25, 0.3) is 0 Å². The van der Waals surface area contributed by atoms with Crippen LogP contribution in [0.2, 0.25) is 0 Å². The van der Waals surface area contributed by atoms with Gasteiger partial charge < -0.3 is 19.7 Å². The molecule has 3 aliphatic heterocycles. The topological polar surface area (TPSA) is 71.2 Å². The highest BCUT2D eigenvalue weighted by Crippen LogP contribution is 2.41. The van der Waals surface area contributed by atoms with Gasteiger partial charge in [0, 0.05) is 62.2 Å². The SMILES string of the molecule is CC(=O)N1CCc2c(c(N3CCCc4cc(-c5cn(C)cn5)c(C)cc43)nn2C2CCNCC2)C1. The molecule has 3 aromatic rings. The van der Waals surface area contributed by atoms with Gasteiger partial charge in [-0.05, 0) is 69.0 Å². The summed E-state index contributed by atoms with van der Waals surface area (Å²) in [5.41, 5.74) is 8.64. The highest BCUT2D eigenvalue weighted by Gasteiger charge is 2.33. The Bertz CT molecular complexity index is 1270. The van der Waals surface area contributed by atoms with Crippen LogP contribution >= 0.6 is 0 Å². The average molecular weight is 474 g/mol. The number of anilines is 2. The van der Waals surface area contributed by atoms with Gasteiger partial charge in [-0.2, -0.15) is 5.10 Å². The van der Waals surface area contributed by atoms with Crippen LogP contribution in [0.15, 0.2) is 24.7 Å². The second kappa shape index (κ2) is 8.82. The van der Waals surface area contributed by atoms with E-state index in [2.05, 4.69) is 45.1 Å². The first-order valence-electron chi connectivity index (χ1n) is 13.0. The molecule has 0 atom stereocenters. The monoisotopic (exact) mass is 473 g/mol. The van der Waals surface area contributed by atoms with Crippen molar-refractivity contribution in [3.05, 3.63) is 47.0 Å². The van der Waals surface area contributed by atoms with Crippen LogP contribution in [0.3, 0.4) is 0 Å². The van der Waals surface area contributed by atoms with Crippen molar-refractivity contribution in [3.63, 3.8) is 0 Å². The number of nitrogens with zero attached hydrogens (tertiary/aromatic N) is 6. The van der Waals surface area contributed by atoms with Crippen LogP contribution in [-0.4, -0.2) is 56.3 Å². The lowest BCUT2D eigenvalue weighted by atomic mass is 9.94. The molecular weight excluding hydrogens is 438 g/mol. The van der Waals surface area contributed by atoms with Crippen LogP contribution in [0, 0.1) is 6.92 Å². The molecule has 1 N–H and O–H groups in total. The lowest BCUT2D eigenvalue weighted by Crippen LogP contribution is -2.36. The van der Waals surface area contributed by atoms with Crippen LogP contribution in [0.5, 0.6) is 0 Å². The first kappa shape index (κ1) is 22.3. The van der Waals surface area contributed by atoms with Crippen LogP contribution in [0.1, 0.15) is 54.6 Å². The Morgan fingerprint density at radius 3 is 2.71 bits per heavy atom. The van der Waals surface area contributed by atoms with Crippen LogP contribution < -0.4 is 10.2 Å². The summed E-state index contributed by atoms with van der Waals surface area (Å²) in [6.07, 6.45) is 9.18. The largest absolute Gasteiger partial charge is 0.340 e. The quantitative estimate of drug-likeness (QED) is 0.630. The van der Waals surface area contributed by atoms with E-state index in [0.29, 0.717) is 12.6 Å². The van der Waals surface area contributed by atoms with Gasteiger partial charge in [0.05, 0.1) is 24.6 Å². The molecule has 6 rings (SSSR count). The van der Waals surface area contributed by atoms with Crippen molar-refractivity contribution in [2.24, 2.45) is 7.05 Å². The minimum absolute atomic E-state index is 0.145. The number of hydrogen-bond acceptors (Lipinski definition) is 5. The second-order valence-electron chi connectivity index (χ2n) is 10.3. The maximum absolute atomic E-state index is 12.3. The van der Waals surface area contributed by atoms with Gasteiger partial charge in [0.15, 0.2) is 5.82 Å². The van der Waals surface area contributed by atoms with Gasteiger partial charge in [-0.15, -0.1) is 0 Å². The molecule has 1 saturated heterocycles. The second-order valence-corrected chi connectivity index (χ2v) is 10.3. The van der Waals surface area contributed by atoms with Crippen molar-refractivity contribution < 1.29 is 4.79 Å². The number of rotatable bonds is 3. The van der Waals surface area contributed by atoms with E-state index in [4.69, 9.17) is 5.10 Å². The molecule has 1 amide bonds. The standard InChI is InChI=1S/C27H35N7O/c1-18-13-26-20(14-22(18)24-16-31(3)17-29-24)5-4-11-33(26)27-23-15-32(19(2)35)12-8-25(23)34(30-27)21-6-9-28-10-7-21/h13-14,16-17,21,28H,4-12,15H2,1-3H3. The highest BCUT2D eigenvalue weighted by molar-refractivity contribution is 5.77. The minimum Gasteiger partial charge on any atom is -0.340 e. The Balaban J connectivity index is 1.44. The number of carbonyl (C=O) groups excluding carboxylic acids is 1. The van der Waals surface area contributed by atoms with E-state index >= 15 is 0 Å². The van der Waals surface area contributed by atoms with E-state index in [1.807, 2.05) is 22.8 Å². The number of aryl methyl sites for hydroxylation is 3. The molecule has 2 aromatic heterocycles. The average Bonchev–Trinajstić information content (AvgIpc) is 3.47. The van der Waals surface area contributed by atoms with E-state index in [1.54, 1.807) is 6.92 Å². The summed E-state index contributed by atoms with van der Waals surface area (Å²) in [5.74, 6) is 1.20. The lowest BCUT2D eigenvalue weighted by Gasteiger charge is -2.33. The zero-order valence-electron chi connectivity index (χ0n) is 21.0. The number of carbonyl (C=O) groups is 1. The fourth-order valence-corrected chi connectivity index (χ4v) is 6.05. The van der Waals surface area contributed by atoms with Crippen molar-refractivity contribution in [1.29, 1.82) is 0 Å². The summed E-state index contributed by atoms with van der Waals surface area (Å²) >= 11 is 0. The van der Waals surface area contributed by atoms with Crippen molar-refractivity contribution in [3.8, 4) is 11.3 Å². The smallest absolute Gasteiger partial charge is 0.219 e. The molecule has 1 fully saturated rings. The molecule has 1 aromatic carbocycles. The molecular formula is C27H35N7O. The fraction of sp³-hybridized carbons (Fsp3) is 0.519. The molecule has 0 spiro atoms. The number of piperidine rings is 1. The molecule has 0 saturated carbocycles. The van der Waals surface area contributed by atoms with Crippen LogP contribution in [0.25, 0.3) is 11.3 Å². The molecule has 35 heavy (non-hydrogen) atoms. The normalized spacial score (nSPS) is 18.5. The number of fused-ring (bicyclic) bond motifs is 2. The zero-order chi connectivity index (χ0) is 24.1. The first-order chi connectivity index (χ1) is 17.0. The Hall–Kier alpha value is -3.13. The lowest BCUT2D eigenvalue weighted by molar-refractivity contribution is -0.129. The number of imidazole rings is 1. The van der Waals surface area contributed by atoms with E-state index in [9.17, 15) is 4.79 Å². The van der Waals surface area contributed by atoms with Crippen molar-refractivity contribution >= 4 is 17.4 Å². The van der Waals surface area contributed by atoms with Crippen molar-refractivity contribution in [1.82, 2.24) is 29.5 Å². The summed E-state index contributed by atoms with van der Waals surface area (Å²) in [4.78, 5) is 21.3. The van der Waals surface area contributed by atoms with Gasteiger partial charge in [-0.3, -0.25) is 9.48 Å². The Labute approximate surface area is 206 Å². The molecule has 8 heteroatoms. The third kappa shape index (κ3) is 3.93. The maximum atomic E-state index is 12.3. The zero-order valence-corrected chi connectivity index (χ0v) is 21.0. The molecule has 8 nitrogen and oxygen atoms in total. The van der Waals surface area contributed by atoms with E-state index in [0.717, 1.165) is 69.8 Å². The van der Waals surface area contributed by atoms with Gasteiger partial charge in [-0.25, -0.2) is 4.98 Å². The molecule has 5 heterocycles. The Kier molecular flexibility index (Phi) is 5.63. The van der Waals surface area contributed by atoms with Gasteiger partial charge in [0.1, 0.15) is 0 Å². The molecule has 0 bridgehead atoms. The molecule has 3 aliphatic rings. The molecule has 0 aliphatic carbocycles. The number of amides is 1. The fourth-order valence-electron chi connectivity index (χ4n) is 6.05. The van der Waals surface area contributed by atoms with E-state index < -0.39 is 0 Å². The third-order valence-corrected chi connectivity index (χ3v) is 7.95. The predicted octanol–water partition coefficient (Wildman–Crippen LogP) is 3.51. The van der Waals surface area contributed by atoms with E-state index in [1.165, 1.54) is 33.6 Å². The minimum atomic E-state index is 0.145. The number of hydrogen-bond donors (Lipinski definition) is 1. The van der Waals surface area contributed by atoms with Gasteiger partial charge in [0.2, 0.25) is 5.91 Å². The predicted molar refractivity (Wildman–Crippen MR) is 137 cm³/mol. The number of benzene rings is 1. The molecule has 0 unspecified atom stereocenters. The summed E-state index contributed by atoms with van der Waals surface area (Å²) < 4.78 is 4.33. The van der Waals surface area contributed by atoms with Crippen molar-refractivity contribution in [2.75, 3.05) is 31.1 Å². The third-order valence-electron chi connectivity index (χ3n) is 7.95. The maximum Gasteiger partial charge on any atom is 0.219 e. The Morgan fingerprint density at radius 2 is 1.97 bits per heavy atom. The van der Waals surface area contributed by atoms with E-state index in [-0.39, 0.29) is 5.91 Å². The number of aromatic nitrogens is 4. The summed E-state index contributed by atoms with van der Waals surface area (Å²) in [7, 11) is 2.01.